The Morgan fingerprint density at radius 2 is 0.552 bits per heavy atom. The number of benzene rings is 17. The van der Waals surface area contributed by atoms with Crippen LogP contribution in [-0.4, -0.2) is 29.1 Å². The summed E-state index contributed by atoms with van der Waals surface area (Å²) >= 11 is 0. The molecule has 7 nitrogen and oxygen atoms in total. The van der Waals surface area contributed by atoms with Crippen LogP contribution in [0.5, 0.6) is 0 Å². The fraction of sp³-hybridized carbons (Fsp3) is 0.102. The van der Waals surface area contributed by atoms with Gasteiger partial charge in [0.1, 0.15) is 11.2 Å². The van der Waals surface area contributed by atoms with Crippen molar-refractivity contribution in [2.45, 2.75) is 77.0 Å². The first-order chi connectivity index (χ1) is 61.0. The molecule has 0 N–H and O–H groups in total. The number of rotatable bonds is 8. The van der Waals surface area contributed by atoms with Gasteiger partial charge in [-0.05, 0) is 212 Å². The van der Waals surface area contributed by atoms with Crippen LogP contribution in [0, 0.1) is 0 Å². The molecule has 592 valence electrons. The quantitative estimate of drug-likeness (QED) is 0.152. The lowest BCUT2D eigenvalue weighted by molar-refractivity contribution is 0.660. The Hall–Kier alpha value is -15.2. The molecule has 17 aromatic carbocycles. The van der Waals surface area contributed by atoms with Crippen molar-refractivity contribution in [3.8, 4) is 123 Å². The molecule has 0 spiro atoms. The molecular formula is C118H84N6O. The van der Waals surface area contributed by atoms with Crippen LogP contribution < -0.4 is 0 Å². The lowest BCUT2D eigenvalue weighted by Crippen LogP contribution is -2.15. The summed E-state index contributed by atoms with van der Waals surface area (Å²) in [6, 6.07) is 133. The molecular weight excluding hydrogens is 1520 g/mol. The highest BCUT2D eigenvalue weighted by molar-refractivity contribution is 6.18. The van der Waals surface area contributed by atoms with E-state index in [9.17, 15) is 0 Å². The van der Waals surface area contributed by atoms with Gasteiger partial charge in [0, 0.05) is 75.9 Å². The first-order valence-electron chi connectivity index (χ1n) is 43.6. The molecule has 0 radical (unpaired) electrons. The monoisotopic (exact) mass is 1600 g/mol. The third-order valence-corrected chi connectivity index (χ3v) is 28.4. The van der Waals surface area contributed by atoms with Gasteiger partial charge in [-0.3, -0.25) is 9.13 Å². The molecule has 0 atom stereocenters. The Morgan fingerprint density at radius 1 is 0.208 bits per heavy atom. The fourth-order valence-corrected chi connectivity index (χ4v) is 22.3. The van der Waals surface area contributed by atoms with Crippen molar-refractivity contribution >= 4 is 87.4 Å². The molecule has 0 unspecified atom stereocenters. The average molecular weight is 1600 g/mol. The number of aromatic nitrogens is 6. The van der Waals surface area contributed by atoms with Gasteiger partial charge in [-0.1, -0.05) is 341 Å². The Morgan fingerprint density at radius 3 is 1.09 bits per heavy atom. The van der Waals surface area contributed by atoms with E-state index in [1.54, 1.807) is 0 Å². The molecule has 0 saturated carbocycles. The van der Waals surface area contributed by atoms with E-state index in [2.05, 4.69) is 416 Å². The standard InChI is InChI=1S/C59H39N3O.C59H45N3/c1-59(2)49-17-9-6-14-43(49)45-30-32-52-55(56(45)59)48-35-41(42-29-33-54-47(34-42)44-15-8-11-19-53(44)63-54)28-31-51(48)62(52)58-60-50-18-10-7-16-46(50)57(61-58)40-26-24-39(25-27-40)38-22-20-37(21-23-38)36-12-4-3-5-13-36;1-57(2)46-20-12-9-17-39(46)43-31-34(24-28-48(43)57)35-25-29-51-44(32-35)53-52(30-27-41-38-16-8-13-21-47(38)59(5,6)54(41)53)62(51)56-60-50-22-14-10-18-42(50)55(61-56)36-23-26-40-37-15-7-11-19-45(37)58(3,4)49(40)33-36/h3-35H,1-2H3;7-33H,1-6H3. The van der Waals surface area contributed by atoms with Gasteiger partial charge in [0.2, 0.25) is 11.9 Å². The highest BCUT2D eigenvalue weighted by atomic mass is 16.3. The van der Waals surface area contributed by atoms with Crippen molar-refractivity contribution in [3.05, 3.63) is 408 Å². The van der Waals surface area contributed by atoms with E-state index in [-0.39, 0.29) is 21.7 Å². The molecule has 125 heavy (non-hydrogen) atoms. The van der Waals surface area contributed by atoms with Gasteiger partial charge in [-0.15, -0.1) is 0 Å². The molecule has 0 amide bonds. The van der Waals surface area contributed by atoms with Gasteiger partial charge in [-0.25, -0.2) is 19.9 Å². The van der Waals surface area contributed by atoms with Crippen LogP contribution in [0.4, 0.5) is 0 Å². The van der Waals surface area contributed by atoms with Crippen LogP contribution in [0.25, 0.3) is 211 Å². The van der Waals surface area contributed by atoms with E-state index in [1.807, 2.05) is 12.1 Å². The summed E-state index contributed by atoms with van der Waals surface area (Å²) in [6.07, 6.45) is 0. The normalized spacial score (nSPS) is 14.3. The molecule has 4 aliphatic carbocycles. The van der Waals surface area contributed by atoms with Crippen molar-refractivity contribution < 1.29 is 4.42 Å². The summed E-state index contributed by atoms with van der Waals surface area (Å²) in [5.41, 5.74) is 42.3. The van der Waals surface area contributed by atoms with E-state index >= 15 is 0 Å². The summed E-state index contributed by atoms with van der Waals surface area (Å²) in [5, 5.41) is 9.21. The number of hydrogen-bond acceptors (Lipinski definition) is 5. The van der Waals surface area contributed by atoms with Crippen molar-refractivity contribution in [2.75, 3.05) is 0 Å². The van der Waals surface area contributed by atoms with E-state index in [0.29, 0.717) is 11.9 Å². The summed E-state index contributed by atoms with van der Waals surface area (Å²) in [7, 11) is 0. The maximum absolute atomic E-state index is 6.23. The first-order valence-corrected chi connectivity index (χ1v) is 43.6. The Bertz CT molecular complexity index is 8400. The zero-order valence-electron chi connectivity index (χ0n) is 70.7. The lowest BCUT2D eigenvalue weighted by Gasteiger charge is -2.22. The van der Waals surface area contributed by atoms with Gasteiger partial charge in [0.25, 0.3) is 0 Å². The van der Waals surface area contributed by atoms with Crippen LogP contribution in [0.3, 0.4) is 0 Å². The van der Waals surface area contributed by atoms with Crippen LogP contribution in [0.15, 0.2) is 368 Å². The molecule has 26 rings (SSSR count). The SMILES string of the molecule is CC1(C)c2ccccc2-c2cc(-c3ccc4c(c3)c3c5c(ccc3n4-c3nc(-c4ccc6c(c4)C(C)(C)c4ccccc4-6)c4ccccc4n3)-c3ccccc3C5(C)C)ccc21.CC1(C)c2ccccc2-c2ccc3c(c21)c1cc(-c2ccc4oc5ccccc5c4c2)ccc1n3-c1nc(-c2ccc(-c3ccc(-c4ccccc4)cc3)cc2)c2ccccc2n1. The number of para-hydroxylation sites is 3. The van der Waals surface area contributed by atoms with E-state index < -0.39 is 0 Å². The summed E-state index contributed by atoms with van der Waals surface area (Å²) < 4.78 is 10.8. The van der Waals surface area contributed by atoms with Gasteiger partial charge in [-0.2, -0.15) is 0 Å². The maximum atomic E-state index is 6.23. The summed E-state index contributed by atoms with van der Waals surface area (Å²) in [4.78, 5) is 21.9. The van der Waals surface area contributed by atoms with Gasteiger partial charge in [0.15, 0.2) is 0 Å². The number of hydrogen-bond donors (Lipinski definition) is 0. The van der Waals surface area contributed by atoms with Gasteiger partial charge < -0.3 is 4.42 Å². The minimum Gasteiger partial charge on any atom is -0.456 e. The minimum atomic E-state index is -0.228. The second-order valence-electron chi connectivity index (χ2n) is 36.7. The Kier molecular flexibility index (Phi) is 15.5. The van der Waals surface area contributed by atoms with Gasteiger partial charge >= 0.3 is 0 Å². The largest absolute Gasteiger partial charge is 0.456 e. The molecule has 5 aromatic heterocycles. The second kappa shape index (κ2) is 26.7. The zero-order valence-corrected chi connectivity index (χ0v) is 70.7. The van der Waals surface area contributed by atoms with Crippen molar-refractivity contribution in [1.82, 2.24) is 29.1 Å². The van der Waals surface area contributed by atoms with Crippen LogP contribution >= 0.6 is 0 Å². The molecule has 5 heterocycles. The highest BCUT2D eigenvalue weighted by Crippen LogP contribution is 2.58. The number of furan rings is 1. The fourth-order valence-electron chi connectivity index (χ4n) is 22.3. The highest BCUT2D eigenvalue weighted by Gasteiger charge is 2.42. The van der Waals surface area contributed by atoms with Crippen LogP contribution in [-0.2, 0) is 21.7 Å². The summed E-state index contributed by atoms with van der Waals surface area (Å²) in [6.45, 7) is 18.9. The predicted molar refractivity (Wildman–Crippen MR) is 518 cm³/mol. The zero-order chi connectivity index (χ0) is 83.7. The van der Waals surface area contributed by atoms with E-state index in [1.165, 1.54) is 138 Å². The third-order valence-electron chi connectivity index (χ3n) is 28.4. The molecule has 0 fully saturated rings. The molecule has 0 aliphatic heterocycles. The lowest BCUT2D eigenvalue weighted by atomic mass is 9.80. The van der Waals surface area contributed by atoms with Crippen LogP contribution in [0.2, 0.25) is 0 Å². The molecule has 0 bridgehead atoms. The number of fused-ring (bicyclic) bond motifs is 25. The molecule has 4 aliphatic rings. The van der Waals surface area contributed by atoms with E-state index in [0.717, 1.165) is 105 Å². The predicted octanol–water partition coefficient (Wildman–Crippen LogP) is 30.6. The smallest absolute Gasteiger partial charge is 0.235 e. The van der Waals surface area contributed by atoms with Crippen molar-refractivity contribution in [3.63, 3.8) is 0 Å². The topological polar surface area (TPSA) is 74.6 Å². The van der Waals surface area contributed by atoms with Crippen LogP contribution in [0.1, 0.15) is 99.9 Å². The molecule has 22 aromatic rings. The van der Waals surface area contributed by atoms with Crippen molar-refractivity contribution in [1.29, 1.82) is 0 Å². The Labute approximate surface area is 724 Å². The first kappa shape index (κ1) is 72.6. The molecule has 7 heteroatoms. The Balaban J connectivity index is 0.000000137. The summed E-state index contributed by atoms with van der Waals surface area (Å²) in [5.74, 6) is 1.33. The van der Waals surface area contributed by atoms with Crippen molar-refractivity contribution in [2.24, 2.45) is 0 Å². The van der Waals surface area contributed by atoms with E-state index in [4.69, 9.17) is 24.4 Å². The number of nitrogens with zero attached hydrogens (tertiary/aromatic N) is 6. The average Bonchev–Trinajstić information content (AvgIpc) is 1.54. The van der Waals surface area contributed by atoms with Gasteiger partial charge in [0.05, 0.1) is 44.5 Å². The minimum absolute atomic E-state index is 0.0390. The molecule has 0 saturated heterocycles. The second-order valence-corrected chi connectivity index (χ2v) is 36.7. The third kappa shape index (κ3) is 10.7. The maximum Gasteiger partial charge on any atom is 0.235 e.